The van der Waals surface area contributed by atoms with Gasteiger partial charge in [-0.2, -0.15) is 10.0 Å². The van der Waals surface area contributed by atoms with Gasteiger partial charge in [0.25, 0.3) is 11.6 Å². The summed E-state index contributed by atoms with van der Waals surface area (Å²) in [5.74, 6) is -0.418. The summed E-state index contributed by atoms with van der Waals surface area (Å²) in [4.78, 5) is 27.1. The number of ether oxygens (including phenoxy) is 2. The molecule has 0 unspecified atom stereocenters. The van der Waals surface area contributed by atoms with Crippen molar-refractivity contribution in [3.8, 4) is 11.5 Å². The molecule has 2 aromatic rings. The monoisotopic (exact) mass is 515 g/mol. The van der Waals surface area contributed by atoms with Gasteiger partial charge in [0.2, 0.25) is 19.4 Å². The fraction of sp³-hybridized carbons (Fsp3) is 0.143. The number of para-hydroxylation sites is 1. The van der Waals surface area contributed by atoms with Crippen LogP contribution in [0.4, 0.5) is 5.69 Å². The van der Waals surface area contributed by atoms with E-state index in [-0.39, 0.29) is 33.2 Å². The number of carbonyl (C=O) groups is 1. The molecule has 0 saturated carbocycles. The minimum Gasteiger partial charge on any atom is -0.493 e. The fourth-order valence-electron chi connectivity index (χ4n) is 3.15. The quantitative estimate of drug-likeness (QED) is 0.346. The average Bonchev–Trinajstić information content (AvgIpc) is 3.25. The van der Waals surface area contributed by atoms with E-state index in [2.05, 4.69) is 10.1 Å². The summed E-state index contributed by atoms with van der Waals surface area (Å²) in [6.45, 7) is -0.0676. The van der Waals surface area contributed by atoms with Crippen molar-refractivity contribution >= 4 is 54.6 Å². The number of hydrogen-bond acceptors (Lipinski definition) is 10. The van der Waals surface area contributed by atoms with E-state index in [0.717, 1.165) is 11.3 Å². The molecule has 0 bridgehead atoms. The maximum absolute atomic E-state index is 12.5. The Morgan fingerprint density at radius 3 is 2.66 bits per heavy atom. The number of methoxy groups -OCH3 is 1. The van der Waals surface area contributed by atoms with Crippen LogP contribution in [0.3, 0.4) is 0 Å². The molecule has 12 nitrogen and oxygen atoms in total. The van der Waals surface area contributed by atoms with Gasteiger partial charge in [0.1, 0.15) is 6.61 Å². The molecule has 1 amide bonds. The van der Waals surface area contributed by atoms with Gasteiger partial charge in [0.05, 0.1) is 23.2 Å². The number of hydrogen-bond donors (Lipinski definition) is 1. The summed E-state index contributed by atoms with van der Waals surface area (Å²) in [5, 5.41) is 24.4. The summed E-state index contributed by atoms with van der Waals surface area (Å²) < 4.78 is 34.4. The third kappa shape index (κ3) is 4.93. The topological polar surface area (TPSA) is 165 Å². The molecule has 0 aliphatic carbocycles. The molecule has 2 aliphatic rings. The molecule has 0 spiro atoms. The largest absolute Gasteiger partial charge is 0.493 e. The highest BCUT2D eigenvalue weighted by molar-refractivity contribution is 8.42. The summed E-state index contributed by atoms with van der Waals surface area (Å²) in [6.07, 6.45) is 2.38. The Bertz CT molecular complexity index is 1460. The number of amides is 1. The van der Waals surface area contributed by atoms with Crippen LogP contribution in [-0.2, 0) is 21.2 Å². The third-order valence-corrected chi connectivity index (χ3v) is 7.40. The van der Waals surface area contributed by atoms with Crippen LogP contribution in [0, 0.1) is 15.5 Å². The van der Waals surface area contributed by atoms with Crippen LogP contribution in [0.1, 0.15) is 11.1 Å². The van der Waals surface area contributed by atoms with E-state index in [1.54, 1.807) is 36.4 Å². The number of amidine groups is 2. The van der Waals surface area contributed by atoms with Crippen molar-refractivity contribution in [1.29, 1.82) is 5.41 Å². The molecule has 1 N–H and O–H groups in total. The van der Waals surface area contributed by atoms with E-state index < -0.39 is 20.7 Å². The zero-order chi connectivity index (χ0) is 25.3. The van der Waals surface area contributed by atoms with Gasteiger partial charge in [0, 0.05) is 12.3 Å². The van der Waals surface area contributed by atoms with E-state index in [1.165, 1.54) is 19.3 Å². The molecule has 0 atom stereocenters. The molecule has 2 heterocycles. The number of sulfone groups is 1. The van der Waals surface area contributed by atoms with E-state index in [9.17, 15) is 23.3 Å². The number of aliphatic imine (C=N–C) groups is 1. The van der Waals surface area contributed by atoms with Crippen molar-refractivity contribution in [2.75, 3.05) is 13.4 Å². The number of hydrazone groups is 1. The number of fused-ring (bicyclic) bond motifs is 1. The van der Waals surface area contributed by atoms with Crippen LogP contribution < -0.4 is 9.47 Å². The van der Waals surface area contributed by atoms with Crippen LogP contribution >= 0.6 is 11.8 Å². The number of nitro groups is 1. The lowest BCUT2D eigenvalue weighted by atomic mass is 10.1. The number of rotatable bonds is 6. The number of nitrogens with one attached hydrogen (secondary N) is 1. The lowest BCUT2D eigenvalue weighted by molar-refractivity contribution is -0.385. The number of benzene rings is 2. The van der Waals surface area contributed by atoms with E-state index in [0.29, 0.717) is 34.4 Å². The maximum atomic E-state index is 12.5. The molecule has 14 heteroatoms. The van der Waals surface area contributed by atoms with Gasteiger partial charge in [-0.15, -0.1) is 5.10 Å². The van der Waals surface area contributed by atoms with Gasteiger partial charge >= 0.3 is 0 Å². The Labute approximate surface area is 203 Å². The second-order valence-electron chi connectivity index (χ2n) is 7.24. The first-order valence-corrected chi connectivity index (χ1v) is 12.5. The van der Waals surface area contributed by atoms with Crippen molar-refractivity contribution in [3.63, 3.8) is 0 Å². The summed E-state index contributed by atoms with van der Waals surface area (Å²) in [6, 6.07) is 10.9. The second-order valence-corrected chi connectivity index (χ2v) is 10.4. The smallest absolute Gasteiger partial charge is 0.283 e. The SMILES string of the molecule is COc1cc(/C=C2/C(=N)N3N=C(S(C)(=O)=O)SC3=NC2=O)ccc1OCc1ccccc1[N+](=O)[O-]. The molecular formula is C21H17N5O7S2. The molecule has 4 rings (SSSR count). The number of nitrogens with zero attached hydrogens (tertiary/aromatic N) is 4. The minimum absolute atomic E-state index is 0.00564. The molecular weight excluding hydrogens is 498 g/mol. The van der Waals surface area contributed by atoms with E-state index in [4.69, 9.17) is 14.9 Å². The minimum atomic E-state index is -3.63. The van der Waals surface area contributed by atoms with Crippen LogP contribution in [0.25, 0.3) is 6.08 Å². The Kier molecular flexibility index (Phi) is 6.41. The lowest BCUT2D eigenvalue weighted by Gasteiger charge is -2.20. The third-order valence-electron chi connectivity index (χ3n) is 4.82. The van der Waals surface area contributed by atoms with Gasteiger partial charge in [-0.3, -0.25) is 20.3 Å². The number of nitro benzene ring substituents is 1. The van der Waals surface area contributed by atoms with Crippen molar-refractivity contribution in [1.82, 2.24) is 5.01 Å². The predicted octanol–water partition coefficient (Wildman–Crippen LogP) is 2.80. The molecule has 2 aliphatic heterocycles. The lowest BCUT2D eigenvalue weighted by Crippen LogP contribution is -2.35. The molecule has 0 fully saturated rings. The highest BCUT2D eigenvalue weighted by Crippen LogP contribution is 2.33. The Morgan fingerprint density at radius 1 is 1.23 bits per heavy atom. The molecule has 0 aromatic heterocycles. The van der Waals surface area contributed by atoms with Gasteiger partial charge in [0.15, 0.2) is 17.3 Å². The first-order chi connectivity index (χ1) is 16.6. The average molecular weight is 516 g/mol. The summed E-state index contributed by atoms with van der Waals surface area (Å²) in [7, 11) is -2.22. The van der Waals surface area contributed by atoms with Gasteiger partial charge < -0.3 is 9.47 Å². The first kappa shape index (κ1) is 24.1. The highest BCUT2D eigenvalue weighted by atomic mass is 32.3. The molecule has 35 heavy (non-hydrogen) atoms. The summed E-state index contributed by atoms with van der Waals surface area (Å²) >= 11 is 0.702. The first-order valence-electron chi connectivity index (χ1n) is 9.82. The van der Waals surface area contributed by atoms with Crippen LogP contribution in [0.15, 0.2) is 58.1 Å². The van der Waals surface area contributed by atoms with Crippen molar-refractivity contribution in [2.45, 2.75) is 6.61 Å². The Hall–Kier alpha value is -4.04. The second kappa shape index (κ2) is 9.31. The number of thioether (sulfide) groups is 1. The fourth-order valence-corrected chi connectivity index (χ4v) is 4.84. The van der Waals surface area contributed by atoms with Gasteiger partial charge in [-0.05, 0) is 41.6 Å². The highest BCUT2D eigenvalue weighted by Gasteiger charge is 2.38. The summed E-state index contributed by atoms with van der Waals surface area (Å²) in [5.41, 5.74) is 0.705. The maximum Gasteiger partial charge on any atom is 0.283 e. The molecule has 0 saturated heterocycles. The zero-order valence-electron chi connectivity index (χ0n) is 18.3. The van der Waals surface area contributed by atoms with E-state index in [1.807, 2.05) is 0 Å². The van der Waals surface area contributed by atoms with Crippen molar-refractivity contribution in [3.05, 3.63) is 69.3 Å². The predicted molar refractivity (Wildman–Crippen MR) is 130 cm³/mol. The Morgan fingerprint density at radius 2 is 1.97 bits per heavy atom. The van der Waals surface area contributed by atoms with Crippen LogP contribution in [0.2, 0.25) is 0 Å². The zero-order valence-corrected chi connectivity index (χ0v) is 19.9. The Balaban J connectivity index is 1.59. The molecule has 2 aromatic carbocycles. The van der Waals surface area contributed by atoms with Crippen LogP contribution in [-0.4, -0.2) is 53.0 Å². The molecule has 0 radical (unpaired) electrons. The number of carbonyl (C=O) groups excluding carboxylic acids is 1. The standard InChI is InChI=1S/C21H17N5O7S2/c1-32-17-10-12(7-8-16(17)33-11-13-5-3-4-6-15(13)26(28)29)9-14-18(22)25-20(23-19(14)27)34-21(24-25)35(2,30)31/h3-10,22H,11H2,1-2H3/b14-9-,22-18?. The van der Waals surface area contributed by atoms with Crippen molar-refractivity contribution < 1.29 is 27.6 Å². The molecule has 180 valence electrons. The van der Waals surface area contributed by atoms with Crippen molar-refractivity contribution in [2.24, 2.45) is 10.1 Å². The van der Waals surface area contributed by atoms with Crippen LogP contribution in [0.5, 0.6) is 11.5 Å². The van der Waals surface area contributed by atoms with Gasteiger partial charge in [-0.1, -0.05) is 18.2 Å². The van der Waals surface area contributed by atoms with Gasteiger partial charge in [-0.25, -0.2) is 8.42 Å². The normalized spacial score (nSPS) is 16.6. The van der Waals surface area contributed by atoms with E-state index >= 15 is 0 Å².